The molecule has 1 aliphatic heterocycles. The molecule has 0 aromatic rings. The first-order valence-corrected chi connectivity index (χ1v) is 6.86. The van der Waals surface area contributed by atoms with Crippen LogP contribution < -0.4 is 0 Å². The summed E-state index contributed by atoms with van der Waals surface area (Å²) in [5.41, 5.74) is -0.522. The van der Waals surface area contributed by atoms with Crippen LogP contribution in [0.15, 0.2) is 0 Å². The third kappa shape index (κ3) is 4.11. The van der Waals surface area contributed by atoms with E-state index in [4.69, 9.17) is 9.84 Å². The summed E-state index contributed by atoms with van der Waals surface area (Å²) in [6, 6.07) is -0.0408. The third-order valence-corrected chi connectivity index (χ3v) is 3.71. The Labute approximate surface area is 114 Å². The lowest BCUT2D eigenvalue weighted by Gasteiger charge is -2.33. The minimum Gasteiger partial charge on any atom is -0.481 e. The van der Waals surface area contributed by atoms with Gasteiger partial charge < -0.3 is 14.7 Å². The summed E-state index contributed by atoms with van der Waals surface area (Å²) in [6.07, 6.45) is 1.41. The maximum atomic E-state index is 12.1. The van der Waals surface area contributed by atoms with E-state index in [1.165, 1.54) is 0 Å². The van der Waals surface area contributed by atoms with Gasteiger partial charge in [-0.15, -0.1) is 0 Å². The summed E-state index contributed by atoms with van der Waals surface area (Å²) in [6.45, 7) is 9.73. The molecule has 1 N–H and O–H groups in total. The van der Waals surface area contributed by atoms with Gasteiger partial charge in [0.1, 0.15) is 5.60 Å². The Morgan fingerprint density at radius 2 is 1.89 bits per heavy atom. The van der Waals surface area contributed by atoms with Crippen LogP contribution in [0, 0.1) is 11.8 Å². The highest BCUT2D eigenvalue weighted by Crippen LogP contribution is 2.30. The largest absolute Gasteiger partial charge is 0.481 e. The Morgan fingerprint density at radius 1 is 1.32 bits per heavy atom. The molecule has 1 amide bonds. The van der Waals surface area contributed by atoms with Gasteiger partial charge in [0.15, 0.2) is 0 Å². The number of carbonyl (C=O) groups excluding carboxylic acids is 1. The van der Waals surface area contributed by atoms with E-state index in [9.17, 15) is 9.59 Å². The molecule has 3 atom stereocenters. The van der Waals surface area contributed by atoms with E-state index in [0.717, 1.165) is 12.8 Å². The zero-order chi connectivity index (χ0) is 14.8. The molecule has 1 saturated heterocycles. The number of carboxylic acid groups (broad SMARTS) is 1. The van der Waals surface area contributed by atoms with Gasteiger partial charge in [0.2, 0.25) is 0 Å². The van der Waals surface area contributed by atoms with Gasteiger partial charge in [-0.05, 0) is 39.5 Å². The lowest BCUT2D eigenvalue weighted by Crippen LogP contribution is -2.44. The molecule has 1 aliphatic rings. The molecule has 5 nitrogen and oxygen atoms in total. The molecule has 0 unspecified atom stereocenters. The number of carboxylic acids is 1. The van der Waals surface area contributed by atoms with Crippen molar-refractivity contribution in [1.29, 1.82) is 0 Å². The molecule has 0 radical (unpaired) electrons. The van der Waals surface area contributed by atoms with Crippen LogP contribution in [0.1, 0.15) is 47.5 Å². The van der Waals surface area contributed by atoms with Crippen molar-refractivity contribution in [2.75, 3.05) is 6.54 Å². The SMILES string of the molecule is C[C@H]([C@@H](C)C(=O)O)[C@@H]1CCCN1C(=O)OC(C)(C)C. The second kappa shape index (κ2) is 5.80. The molecule has 0 saturated carbocycles. The van der Waals surface area contributed by atoms with Gasteiger partial charge in [0.25, 0.3) is 0 Å². The molecule has 19 heavy (non-hydrogen) atoms. The number of carbonyl (C=O) groups is 2. The van der Waals surface area contributed by atoms with Gasteiger partial charge in [-0.25, -0.2) is 4.79 Å². The molecule has 0 aromatic heterocycles. The topological polar surface area (TPSA) is 66.8 Å². The number of nitrogens with zero attached hydrogens (tertiary/aromatic N) is 1. The van der Waals surface area contributed by atoms with Crippen LogP contribution in [0.3, 0.4) is 0 Å². The normalized spacial score (nSPS) is 23.0. The molecular weight excluding hydrogens is 246 g/mol. The summed E-state index contributed by atoms with van der Waals surface area (Å²) in [4.78, 5) is 24.9. The Bertz CT molecular complexity index is 348. The fraction of sp³-hybridized carbons (Fsp3) is 0.857. The number of likely N-dealkylation sites (tertiary alicyclic amines) is 1. The van der Waals surface area contributed by atoms with E-state index in [2.05, 4.69) is 0 Å². The van der Waals surface area contributed by atoms with Crippen molar-refractivity contribution in [3.63, 3.8) is 0 Å². The van der Waals surface area contributed by atoms with Crippen molar-refractivity contribution in [3.8, 4) is 0 Å². The first-order chi connectivity index (χ1) is 8.63. The number of hydrogen-bond donors (Lipinski definition) is 1. The Balaban J connectivity index is 2.73. The second-order valence-electron chi connectivity index (χ2n) is 6.37. The van der Waals surface area contributed by atoms with E-state index in [1.807, 2.05) is 27.7 Å². The van der Waals surface area contributed by atoms with Crippen molar-refractivity contribution >= 4 is 12.1 Å². The van der Waals surface area contributed by atoms with Gasteiger partial charge in [-0.2, -0.15) is 0 Å². The number of amides is 1. The van der Waals surface area contributed by atoms with Crippen molar-refractivity contribution in [1.82, 2.24) is 4.90 Å². The second-order valence-corrected chi connectivity index (χ2v) is 6.37. The molecule has 0 aliphatic carbocycles. The highest BCUT2D eigenvalue weighted by molar-refractivity contribution is 5.71. The van der Waals surface area contributed by atoms with Gasteiger partial charge in [-0.3, -0.25) is 4.79 Å². The van der Waals surface area contributed by atoms with Crippen LogP contribution in [0.25, 0.3) is 0 Å². The zero-order valence-corrected chi connectivity index (χ0v) is 12.5. The Hall–Kier alpha value is -1.26. The molecule has 1 heterocycles. The van der Waals surface area contributed by atoms with Gasteiger partial charge >= 0.3 is 12.1 Å². The van der Waals surface area contributed by atoms with Gasteiger partial charge in [-0.1, -0.05) is 13.8 Å². The van der Waals surface area contributed by atoms with Crippen molar-refractivity contribution in [3.05, 3.63) is 0 Å². The summed E-state index contributed by atoms with van der Waals surface area (Å²) < 4.78 is 5.38. The highest BCUT2D eigenvalue weighted by Gasteiger charge is 2.38. The number of aliphatic carboxylic acids is 1. The van der Waals surface area contributed by atoms with Gasteiger partial charge in [0.05, 0.1) is 5.92 Å². The van der Waals surface area contributed by atoms with Gasteiger partial charge in [0, 0.05) is 12.6 Å². The number of hydrogen-bond acceptors (Lipinski definition) is 3. The molecule has 110 valence electrons. The van der Waals surface area contributed by atoms with E-state index < -0.39 is 17.5 Å². The quantitative estimate of drug-likeness (QED) is 0.857. The summed E-state index contributed by atoms with van der Waals surface area (Å²) in [5.74, 6) is -1.36. The zero-order valence-electron chi connectivity index (χ0n) is 12.5. The smallest absolute Gasteiger partial charge is 0.410 e. The van der Waals surface area contributed by atoms with E-state index in [-0.39, 0.29) is 18.1 Å². The van der Waals surface area contributed by atoms with Crippen LogP contribution in [-0.2, 0) is 9.53 Å². The summed E-state index contributed by atoms with van der Waals surface area (Å²) in [5, 5.41) is 9.09. The van der Waals surface area contributed by atoms with E-state index in [1.54, 1.807) is 11.8 Å². The summed E-state index contributed by atoms with van der Waals surface area (Å²) >= 11 is 0. The first-order valence-electron chi connectivity index (χ1n) is 6.86. The fourth-order valence-electron chi connectivity index (χ4n) is 2.44. The molecule has 5 heteroatoms. The molecule has 1 fully saturated rings. The van der Waals surface area contributed by atoms with Crippen LogP contribution >= 0.6 is 0 Å². The number of rotatable bonds is 3. The molecule has 1 rings (SSSR count). The van der Waals surface area contributed by atoms with Crippen molar-refractivity contribution in [2.24, 2.45) is 11.8 Å². The Kier molecular flexibility index (Phi) is 4.82. The maximum absolute atomic E-state index is 12.1. The van der Waals surface area contributed by atoms with Crippen molar-refractivity contribution < 1.29 is 19.4 Å². The molecule has 0 bridgehead atoms. The third-order valence-electron chi connectivity index (χ3n) is 3.71. The Morgan fingerprint density at radius 3 is 2.37 bits per heavy atom. The lowest BCUT2D eigenvalue weighted by atomic mass is 9.87. The highest BCUT2D eigenvalue weighted by atomic mass is 16.6. The van der Waals surface area contributed by atoms with Crippen LogP contribution in [-0.4, -0.2) is 40.3 Å². The van der Waals surface area contributed by atoms with E-state index in [0.29, 0.717) is 6.54 Å². The number of ether oxygens (including phenoxy) is 1. The standard InChI is InChI=1S/C14H25NO4/c1-9(10(2)12(16)17)11-7-6-8-15(11)13(18)19-14(3,4)5/h9-11H,6-8H2,1-5H3,(H,16,17)/t9-,10-,11+/m1/s1. The fourth-order valence-corrected chi connectivity index (χ4v) is 2.44. The van der Waals surface area contributed by atoms with Crippen LogP contribution in [0.2, 0.25) is 0 Å². The molecule has 0 aromatic carbocycles. The lowest BCUT2D eigenvalue weighted by molar-refractivity contribution is -0.143. The predicted molar refractivity (Wildman–Crippen MR) is 71.9 cm³/mol. The predicted octanol–water partition coefficient (Wildman–Crippen LogP) is 2.74. The minimum absolute atomic E-state index is 0.0408. The average molecular weight is 271 g/mol. The van der Waals surface area contributed by atoms with Crippen LogP contribution in [0.5, 0.6) is 0 Å². The van der Waals surface area contributed by atoms with E-state index >= 15 is 0 Å². The minimum atomic E-state index is -0.816. The summed E-state index contributed by atoms with van der Waals surface area (Å²) in [7, 11) is 0. The molecule has 0 spiro atoms. The van der Waals surface area contributed by atoms with Crippen molar-refractivity contribution in [2.45, 2.75) is 59.1 Å². The average Bonchev–Trinajstić information content (AvgIpc) is 2.73. The monoisotopic (exact) mass is 271 g/mol. The maximum Gasteiger partial charge on any atom is 0.410 e. The molecular formula is C14H25NO4. The first kappa shape index (κ1) is 15.8. The van der Waals surface area contributed by atoms with Crippen LogP contribution in [0.4, 0.5) is 4.79 Å².